The molecule has 0 amide bonds. The number of halogens is 2. The number of carbonyl (C=O) groups excluding carboxylic acids is 1. The van der Waals surface area contributed by atoms with Crippen LogP contribution in [-0.4, -0.2) is 29.9 Å². The van der Waals surface area contributed by atoms with Crippen LogP contribution in [0.3, 0.4) is 0 Å². The summed E-state index contributed by atoms with van der Waals surface area (Å²) in [4.78, 5) is 20.9. The molecular formula is C10H8F2O4S. The summed E-state index contributed by atoms with van der Waals surface area (Å²) in [6, 6.07) is 1.40. The van der Waals surface area contributed by atoms with Crippen LogP contribution in [0.4, 0.5) is 8.78 Å². The van der Waals surface area contributed by atoms with Crippen molar-refractivity contribution >= 4 is 23.7 Å². The first-order valence-corrected chi connectivity index (χ1v) is 5.36. The van der Waals surface area contributed by atoms with Crippen molar-refractivity contribution in [3.05, 3.63) is 29.3 Å². The normalized spacial score (nSPS) is 10.1. The van der Waals surface area contributed by atoms with E-state index in [0.717, 1.165) is 7.11 Å². The Kier molecular flexibility index (Phi) is 4.45. The number of carbonyl (C=O) groups is 2. The number of esters is 1. The fourth-order valence-electron chi connectivity index (χ4n) is 1.01. The van der Waals surface area contributed by atoms with Gasteiger partial charge in [0.15, 0.2) is 0 Å². The Bertz CT molecular complexity index is 439. The maximum atomic E-state index is 13.3. The molecule has 7 heteroatoms. The third-order valence-electron chi connectivity index (χ3n) is 1.81. The molecule has 17 heavy (non-hydrogen) atoms. The van der Waals surface area contributed by atoms with E-state index in [2.05, 4.69) is 4.74 Å². The highest BCUT2D eigenvalue weighted by atomic mass is 32.2. The number of carboxylic acids is 1. The Labute approximate surface area is 99.6 Å². The maximum absolute atomic E-state index is 13.3. The number of aromatic carboxylic acids is 1. The zero-order chi connectivity index (χ0) is 13.0. The van der Waals surface area contributed by atoms with Crippen molar-refractivity contribution in [2.24, 2.45) is 0 Å². The highest BCUT2D eigenvalue weighted by molar-refractivity contribution is 8.00. The van der Waals surface area contributed by atoms with Crippen molar-refractivity contribution in [3.8, 4) is 0 Å². The van der Waals surface area contributed by atoms with E-state index in [9.17, 15) is 18.4 Å². The number of methoxy groups -OCH3 is 1. The van der Waals surface area contributed by atoms with E-state index in [1.165, 1.54) is 0 Å². The van der Waals surface area contributed by atoms with Crippen LogP contribution in [0.1, 0.15) is 10.4 Å². The molecule has 0 spiro atoms. The van der Waals surface area contributed by atoms with Crippen LogP contribution in [-0.2, 0) is 9.53 Å². The summed E-state index contributed by atoms with van der Waals surface area (Å²) >= 11 is 0.609. The smallest absolute Gasteiger partial charge is 0.335 e. The monoisotopic (exact) mass is 262 g/mol. The zero-order valence-electron chi connectivity index (χ0n) is 8.70. The van der Waals surface area contributed by atoms with Gasteiger partial charge >= 0.3 is 11.9 Å². The summed E-state index contributed by atoms with van der Waals surface area (Å²) in [6.45, 7) is 0. The quantitative estimate of drug-likeness (QED) is 0.663. The van der Waals surface area contributed by atoms with E-state index < -0.39 is 34.0 Å². The van der Waals surface area contributed by atoms with E-state index in [0.29, 0.717) is 23.9 Å². The molecule has 0 radical (unpaired) electrons. The Morgan fingerprint density at radius 3 is 2.29 bits per heavy atom. The van der Waals surface area contributed by atoms with Crippen LogP contribution in [0.25, 0.3) is 0 Å². The lowest BCUT2D eigenvalue weighted by Gasteiger charge is -2.05. The maximum Gasteiger partial charge on any atom is 0.335 e. The van der Waals surface area contributed by atoms with Gasteiger partial charge < -0.3 is 9.84 Å². The van der Waals surface area contributed by atoms with Gasteiger partial charge in [0, 0.05) is 0 Å². The molecule has 0 bridgehead atoms. The largest absolute Gasteiger partial charge is 0.478 e. The van der Waals surface area contributed by atoms with Crippen LogP contribution in [0.2, 0.25) is 0 Å². The molecule has 0 fully saturated rings. The Hall–Kier alpha value is -1.63. The zero-order valence-corrected chi connectivity index (χ0v) is 9.51. The molecule has 0 aliphatic rings. The Morgan fingerprint density at radius 2 is 1.88 bits per heavy atom. The number of hydrogen-bond donors (Lipinski definition) is 1. The fraction of sp³-hybridized carbons (Fsp3) is 0.200. The van der Waals surface area contributed by atoms with E-state index in [-0.39, 0.29) is 5.75 Å². The second kappa shape index (κ2) is 5.62. The second-order valence-electron chi connectivity index (χ2n) is 2.94. The van der Waals surface area contributed by atoms with Gasteiger partial charge in [-0.25, -0.2) is 13.6 Å². The molecule has 1 aromatic carbocycles. The van der Waals surface area contributed by atoms with Gasteiger partial charge in [0.05, 0.1) is 23.3 Å². The van der Waals surface area contributed by atoms with Gasteiger partial charge in [-0.2, -0.15) is 0 Å². The first-order valence-electron chi connectivity index (χ1n) is 4.37. The predicted octanol–water partition coefficient (Wildman–Crippen LogP) is 1.93. The van der Waals surface area contributed by atoms with Crippen molar-refractivity contribution < 1.29 is 28.2 Å². The number of rotatable bonds is 4. The summed E-state index contributed by atoms with van der Waals surface area (Å²) in [5.74, 6) is -4.34. The first-order chi connectivity index (χ1) is 7.95. The molecule has 0 aromatic heterocycles. The highest BCUT2D eigenvalue weighted by Crippen LogP contribution is 2.26. The number of hydrogen-bond acceptors (Lipinski definition) is 4. The van der Waals surface area contributed by atoms with E-state index in [1.807, 2.05) is 0 Å². The van der Waals surface area contributed by atoms with Crippen LogP contribution in [0, 0.1) is 11.6 Å². The van der Waals surface area contributed by atoms with Crippen molar-refractivity contribution in [1.29, 1.82) is 0 Å². The molecular weight excluding hydrogens is 254 g/mol. The highest BCUT2D eigenvalue weighted by Gasteiger charge is 2.16. The van der Waals surface area contributed by atoms with Gasteiger partial charge in [-0.1, -0.05) is 0 Å². The molecule has 0 atom stereocenters. The SMILES string of the molecule is COC(=O)CSc1c(F)cc(C(=O)O)cc1F. The molecule has 1 aromatic rings. The third-order valence-corrected chi connectivity index (χ3v) is 2.87. The molecule has 0 saturated heterocycles. The van der Waals surface area contributed by atoms with E-state index in [1.54, 1.807) is 0 Å². The summed E-state index contributed by atoms with van der Waals surface area (Å²) < 4.78 is 31.0. The third kappa shape index (κ3) is 3.42. The van der Waals surface area contributed by atoms with Crippen LogP contribution in [0.5, 0.6) is 0 Å². The molecule has 1 N–H and O–H groups in total. The summed E-state index contributed by atoms with van der Waals surface area (Å²) in [5, 5.41) is 8.57. The molecule has 0 unspecified atom stereocenters. The molecule has 4 nitrogen and oxygen atoms in total. The number of thioether (sulfide) groups is 1. The summed E-state index contributed by atoms with van der Waals surface area (Å²) in [6.07, 6.45) is 0. The lowest BCUT2D eigenvalue weighted by atomic mass is 10.2. The second-order valence-corrected chi connectivity index (χ2v) is 3.92. The van der Waals surface area contributed by atoms with Gasteiger partial charge in [0.2, 0.25) is 0 Å². The van der Waals surface area contributed by atoms with Crippen molar-refractivity contribution in [1.82, 2.24) is 0 Å². The molecule has 1 rings (SSSR count). The minimum Gasteiger partial charge on any atom is -0.478 e. The van der Waals surface area contributed by atoms with Crippen LogP contribution >= 0.6 is 11.8 Å². The first kappa shape index (κ1) is 13.4. The van der Waals surface area contributed by atoms with Crippen LogP contribution in [0.15, 0.2) is 17.0 Å². The van der Waals surface area contributed by atoms with E-state index >= 15 is 0 Å². The minimum atomic E-state index is -1.42. The van der Waals surface area contributed by atoms with Crippen LogP contribution < -0.4 is 0 Å². The van der Waals surface area contributed by atoms with Gasteiger partial charge in [-0.05, 0) is 12.1 Å². The molecule has 0 aliphatic carbocycles. The number of carboxylic acid groups (broad SMARTS) is 1. The predicted molar refractivity (Wildman–Crippen MR) is 56.1 cm³/mol. The standard InChI is InChI=1S/C10H8F2O4S/c1-16-8(13)4-17-9-6(11)2-5(10(14)15)3-7(9)12/h2-3H,4H2,1H3,(H,14,15). The van der Waals surface area contributed by atoms with E-state index in [4.69, 9.17) is 5.11 Å². The van der Waals surface area contributed by atoms with Gasteiger partial charge in [0.1, 0.15) is 11.6 Å². The molecule has 92 valence electrons. The fourth-order valence-corrected chi connectivity index (χ4v) is 1.78. The van der Waals surface area contributed by atoms with Gasteiger partial charge in [-0.3, -0.25) is 4.79 Å². The Morgan fingerprint density at radius 1 is 1.35 bits per heavy atom. The lowest BCUT2D eigenvalue weighted by Crippen LogP contribution is -2.05. The van der Waals surface area contributed by atoms with Gasteiger partial charge in [-0.15, -0.1) is 11.8 Å². The Balaban J connectivity index is 2.94. The summed E-state index contributed by atoms with van der Waals surface area (Å²) in [7, 11) is 1.16. The summed E-state index contributed by atoms with van der Waals surface area (Å²) in [5.41, 5.74) is -0.484. The van der Waals surface area contributed by atoms with Crippen molar-refractivity contribution in [2.45, 2.75) is 4.90 Å². The minimum absolute atomic E-state index is 0.253. The number of benzene rings is 1. The molecule has 0 saturated carbocycles. The van der Waals surface area contributed by atoms with Gasteiger partial charge in [0.25, 0.3) is 0 Å². The lowest BCUT2D eigenvalue weighted by molar-refractivity contribution is -0.137. The topological polar surface area (TPSA) is 63.6 Å². The van der Waals surface area contributed by atoms with Crippen molar-refractivity contribution in [3.63, 3.8) is 0 Å². The average Bonchev–Trinajstić information content (AvgIpc) is 2.27. The molecule has 0 aliphatic heterocycles. The average molecular weight is 262 g/mol. The molecule has 0 heterocycles. The number of ether oxygens (including phenoxy) is 1. The van der Waals surface area contributed by atoms with Crippen molar-refractivity contribution in [2.75, 3.05) is 12.9 Å².